The molecule has 0 saturated carbocycles. The van der Waals surface area contributed by atoms with E-state index in [1.165, 1.54) is 0 Å². The summed E-state index contributed by atoms with van der Waals surface area (Å²) < 4.78 is 0. The standard InChI is InChI=1S/C10H13ClN4OS/c1-15(2)14-10(17)13-12-9(16)7-3-5-8(11)6-4-7/h3-6H,1-2H3,(H,12,16)(H2,13,14,17). The van der Waals surface area contributed by atoms with Crippen LogP contribution in [0.5, 0.6) is 0 Å². The Labute approximate surface area is 110 Å². The molecule has 92 valence electrons. The zero-order chi connectivity index (χ0) is 12.8. The van der Waals surface area contributed by atoms with Crippen molar-refractivity contribution in [2.24, 2.45) is 0 Å². The molecule has 1 rings (SSSR count). The van der Waals surface area contributed by atoms with E-state index in [0.29, 0.717) is 15.7 Å². The summed E-state index contributed by atoms with van der Waals surface area (Å²) in [5.74, 6) is -0.287. The van der Waals surface area contributed by atoms with E-state index in [-0.39, 0.29) is 5.91 Å². The van der Waals surface area contributed by atoms with E-state index in [0.717, 1.165) is 0 Å². The topological polar surface area (TPSA) is 56.4 Å². The molecule has 0 bridgehead atoms. The fourth-order valence-corrected chi connectivity index (χ4v) is 1.38. The van der Waals surface area contributed by atoms with Gasteiger partial charge in [-0.25, -0.2) is 5.01 Å². The van der Waals surface area contributed by atoms with Gasteiger partial charge in [0, 0.05) is 24.7 Å². The number of carbonyl (C=O) groups is 1. The minimum Gasteiger partial charge on any atom is -0.295 e. The molecule has 1 aromatic carbocycles. The van der Waals surface area contributed by atoms with Crippen LogP contribution in [0, 0.1) is 0 Å². The summed E-state index contributed by atoms with van der Waals surface area (Å²) in [5, 5.41) is 2.54. The third-order valence-electron chi connectivity index (χ3n) is 1.72. The first-order chi connectivity index (χ1) is 7.99. The number of amides is 1. The average Bonchev–Trinajstić information content (AvgIpc) is 2.26. The minimum absolute atomic E-state index is 0.287. The third-order valence-corrected chi connectivity index (χ3v) is 2.17. The van der Waals surface area contributed by atoms with Gasteiger partial charge in [-0.05, 0) is 36.5 Å². The van der Waals surface area contributed by atoms with Crippen molar-refractivity contribution in [2.45, 2.75) is 0 Å². The van der Waals surface area contributed by atoms with Crippen molar-refractivity contribution in [2.75, 3.05) is 14.1 Å². The predicted molar refractivity (Wildman–Crippen MR) is 71.5 cm³/mol. The second kappa shape index (κ2) is 6.39. The monoisotopic (exact) mass is 272 g/mol. The fourth-order valence-electron chi connectivity index (χ4n) is 1.02. The summed E-state index contributed by atoms with van der Waals surface area (Å²) in [7, 11) is 3.57. The van der Waals surface area contributed by atoms with Crippen LogP contribution in [0.4, 0.5) is 0 Å². The molecule has 1 amide bonds. The lowest BCUT2D eigenvalue weighted by Gasteiger charge is -2.15. The highest BCUT2D eigenvalue weighted by Gasteiger charge is 2.05. The van der Waals surface area contributed by atoms with Crippen molar-refractivity contribution in [3.8, 4) is 0 Å². The fraction of sp³-hybridized carbons (Fsp3) is 0.200. The van der Waals surface area contributed by atoms with Crippen LogP contribution in [0.15, 0.2) is 24.3 Å². The molecule has 0 aliphatic heterocycles. The minimum atomic E-state index is -0.287. The summed E-state index contributed by atoms with van der Waals surface area (Å²) in [6, 6.07) is 6.54. The molecular weight excluding hydrogens is 260 g/mol. The van der Waals surface area contributed by atoms with E-state index < -0.39 is 0 Å². The van der Waals surface area contributed by atoms with Crippen LogP contribution in [-0.2, 0) is 0 Å². The lowest BCUT2D eigenvalue weighted by atomic mass is 10.2. The molecule has 0 aliphatic rings. The SMILES string of the molecule is CN(C)NC(=S)NNC(=O)c1ccc(Cl)cc1. The molecule has 0 atom stereocenters. The molecule has 0 unspecified atom stereocenters. The van der Waals surface area contributed by atoms with Crippen molar-refractivity contribution in [1.29, 1.82) is 0 Å². The molecule has 5 nitrogen and oxygen atoms in total. The van der Waals surface area contributed by atoms with Gasteiger partial charge in [-0.2, -0.15) is 0 Å². The Morgan fingerprint density at radius 3 is 2.35 bits per heavy atom. The molecule has 0 radical (unpaired) electrons. The van der Waals surface area contributed by atoms with E-state index in [1.807, 2.05) is 0 Å². The van der Waals surface area contributed by atoms with E-state index in [2.05, 4.69) is 16.3 Å². The number of thiocarbonyl (C=S) groups is 1. The largest absolute Gasteiger partial charge is 0.295 e. The smallest absolute Gasteiger partial charge is 0.269 e. The molecule has 0 spiro atoms. The molecule has 0 aliphatic carbocycles. The van der Waals surface area contributed by atoms with Crippen LogP contribution >= 0.6 is 23.8 Å². The lowest BCUT2D eigenvalue weighted by Crippen LogP contribution is -2.50. The maximum absolute atomic E-state index is 11.6. The maximum Gasteiger partial charge on any atom is 0.269 e. The van der Waals surface area contributed by atoms with Gasteiger partial charge in [-0.15, -0.1) is 0 Å². The Balaban J connectivity index is 2.45. The van der Waals surface area contributed by atoms with Crippen LogP contribution in [0.1, 0.15) is 10.4 Å². The highest BCUT2D eigenvalue weighted by Crippen LogP contribution is 2.08. The van der Waals surface area contributed by atoms with E-state index in [4.69, 9.17) is 23.8 Å². The molecule has 1 aromatic rings. The second-order valence-electron chi connectivity index (χ2n) is 3.42. The van der Waals surface area contributed by atoms with E-state index >= 15 is 0 Å². The van der Waals surface area contributed by atoms with Gasteiger partial charge in [-0.3, -0.25) is 21.1 Å². The Hall–Kier alpha value is -1.37. The average molecular weight is 273 g/mol. The van der Waals surface area contributed by atoms with Gasteiger partial charge in [-0.1, -0.05) is 11.6 Å². The molecule has 3 N–H and O–H groups in total. The summed E-state index contributed by atoms with van der Waals surface area (Å²) in [4.78, 5) is 11.6. The van der Waals surface area contributed by atoms with Gasteiger partial charge in [0.25, 0.3) is 5.91 Å². The zero-order valence-electron chi connectivity index (χ0n) is 9.45. The normalized spacial score (nSPS) is 9.88. The Bertz CT molecular complexity index is 407. The number of hydrogen-bond donors (Lipinski definition) is 3. The number of halogens is 1. The first-order valence-electron chi connectivity index (χ1n) is 4.79. The third kappa shape index (κ3) is 4.99. The van der Waals surface area contributed by atoms with Crippen LogP contribution in [0.3, 0.4) is 0 Å². The van der Waals surface area contributed by atoms with E-state index in [1.54, 1.807) is 43.4 Å². The van der Waals surface area contributed by atoms with Gasteiger partial charge in [0.2, 0.25) is 0 Å². The van der Waals surface area contributed by atoms with Crippen LogP contribution in [0.25, 0.3) is 0 Å². The Morgan fingerprint density at radius 1 is 1.24 bits per heavy atom. The van der Waals surface area contributed by atoms with Gasteiger partial charge < -0.3 is 0 Å². The highest BCUT2D eigenvalue weighted by atomic mass is 35.5. The van der Waals surface area contributed by atoms with Crippen molar-refractivity contribution in [1.82, 2.24) is 21.3 Å². The van der Waals surface area contributed by atoms with Gasteiger partial charge in [0.1, 0.15) is 0 Å². The molecule has 0 heterocycles. The van der Waals surface area contributed by atoms with Gasteiger partial charge >= 0.3 is 0 Å². The highest BCUT2D eigenvalue weighted by molar-refractivity contribution is 7.80. The summed E-state index contributed by atoms with van der Waals surface area (Å²) in [5.41, 5.74) is 8.31. The molecule has 0 aromatic heterocycles. The predicted octanol–water partition coefficient (Wildman–Crippen LogP) is 0.925. The number of nitrogens with zero attached hydrogens (tertiary/aromatic N) is 1. The summed E-state index contributed by atoms with van der Waals surface area (Å²) in [6.45, 7) is 0. The van der Waals surface area contributed by atoms with Crippen LogP contribution in [0.2, 0.25) is 5.02 Å². The van der Waals surface area contributed by atoms with Gasteiger partial charge in [0.15, 0.2) is 5.11 Å². The van der Waals surface area contributed by atoms with Crippen LogP contribution in [-0.4, -0.2) is 30.1 Å². The maximum atomic E-state index is 11.6. The first kappa shape index (κ1) is 13.7. The van der Waals surface area contributed by atoms with Crippen molar-refractivity contribution in [3.63, 3.8) is 0 Å². The molecular formula is C10H13ClN4OS. The van der Waals surface area contributed by atoms with Crippen molar-refractivity contribution in [3.05, 3.63) is 34.9 Å². The van der Waals surface area contributed by atoms with Crippen molar-refractivity contribution < 1.29 is 4.79 Å². The number of benzene rings is 1. The first-order valence-corrected chi connectivity index (χ1v) is 5.57. The van der Waals surface area contributed by atoms with Crippen molar-refractivity contribution >= 4 is 34.8 Å². The molecule has 0 fully saturated rings. The number of carbonyl (C=O) groups excluding carboxylic acids is 1. The second-order valence-corrected chi connectivity index (χ2v) is 4.27. The molecule has 17 heavy (non-hydrogen) atoms. The molecule has 0 saturated heterocycles. The number of hydrazine groups is 2. The van der Waals surface area contributed by atoms with E-state index in [9.17, 15) is 4.79 Å². The summed E-state index contributed by atoms with van der Waals surface area (Å²) in [6.07, 6.45) is 0. The number of hydrogen-bond acceptors (Lipinski definition) is 3. The quantitative estimate of drug-likeness (QED) is 0.552. The van der Waals surface area contributed by atoms with Gasteiger partial charge in [0.05, 0.1) is 0 Å². The molecule has 7 heteroatoms. The lowest BCUT2D eigenvalue weighted by molar-refractivity contribution is 0.0943. The number of nitrogens with one attached hydrogen (secondary N) is 3. The Morgan fingerprint density at radius 2 is 1.82 bits per heavy atom. The Kier molecular flexibility index (Phi) is 5.14. The summed E-state index contributed by atoms with van der Waals surface area (Å²) >= 11 is 10.6. The zero-order valence-corrected chi connectivity index (χ0v) is 11.0. The van der Waals surface area contributed by atoms with Crippen LogP contribution < -0.4 is 16.3 Å². The number of rotatable bonds is 2.